The minimum absolute atomic E-state index is 0.178. The van der Waals surface area contributed by atoms with Gasteiger partial charge in [0.25, 0.3) is 0 Å². The minimum atomic E-state index is -0.934. The molecule has 0 aromatic heterocycles. The Bertz CT molecular complexity index is 849. The number of benzene rings is 2. The number of rotatable bonds is 4. The van der Waals surface area contributed by atoms with E-state index in [2.05, 4.69) is 16.3 Å². The number of hydrogen-bond acceptors (Lipinski definition) is 4. The first-order chi connectivity index (χ1) is 12.0. The van der Waals surface area contributed by atoms with Gasteiger partial charge in [-0.25, -0.2) is 4.79 Å². The summed E-state index contributed by atoms with van der Waals surface area (Å²) in [7, 11) is 0. The molecule has 25 heavy (non-hydrogen) atoms. The molecule has 0 aliphatic carbocycles. The average Bonchev–Trinajstić information content (AvgIpc) is 3.11. The predicted octanol–water partition coefficient (Wildman–Crippen LogP) is 3.37. The Kier molecular flexibility index (Phi) is 4.73. The Balaban J connectivity index is 2.21. The summed E-state index contributed by atoms with van der Waals surface area (Å²) in [5.41, 5.74) is 4.30. The second kappa shape index (κ2) is 6.96. The van der Waals surface area contributed by atoms with Crippen LogP contribution < -0.4 is 10.2 Å². The number of hydrogen-bond donors (Lipinski definition) is 2. The lowest BCUT2D eigenvalue weighted by Gasteiger charge is -2.33. The van der Waals surface area contributed by atoms with Crippen molar-refractivity contribution in [2.45, 2.75) is 26.3 Å². The highest BCUT2D eigenvalue weighted by atomic mass is 16.4. The number of para-hydroxylation sites is 1. The van der Waals surface area contributed by atoms with Gasteiger partial charge in [-0.2, -0.15) is 5.26 Å². The molecule has 5 nitrogen and oxygen atoms in total. The molecule has 1 saturated heterocycles. The maximum Gasteiger partial charge on any atom is 0.336 e. The third kappa shape index (κ3) is 3.21. The zero-order valence-corrected chi connectivity index (χ0v) is 14.4. The molecule has 1 atom stereocenters. The van der Waals surface area contributed by atoms with Gasteiger partial charge in [0.1, 0.15) is 6.07 Å². The summed E-state index contributed by atoms with van der Waals surface area (Å²) >= 11 is 0. The number of carbonyl (C=O) groups is 1. The molecule has 1 unspecified atom stereocenters. The third-order valence-electron chi connectivity index (χ3n) is 4.72. The summed E-state index contributed by atoms with van der Waals surface area (Å²) in [6.07, 6.45) is 0.940. The van der Waals surface area contributed by atoms with E-state index in [-0.39, 0.29) is 6.04 Å². The lowest BCUT2D eigenvalue weighted by Crippen LogP contribution is -2.34. The summed E-state index contributed by atoms with van der Waals surface area (Å²) in [4.78, 5) is 13.7. The number of aryl methyl sites for hydroxylation is 2. The van der Waals surface area contributed by atoms with Crippen LogP contribution in [0.4, 0.5) is 11.4 Å². The summed E-state index contributed by atoms with van der Waals surface area (Å²) in [6.45, 7) is 5.51. The highest BCUT2D eigenvalue weighted by Crippen LogP contribution is 2.36. The predicted molar refractivity (Wildman–Crippen MR) is 97.4 cm³/mol. The lowest BCUT2D eigenvalue weighted by atomic mass is 10.00. The fraction of sp³-hybridized carbons (Fsp3) is 0.300. The van der Waals surface area contributed by atoms with E-state index in [0.717, 1.165) is 42.0 Å². The standard InChI is InChI=1S/C20H21N3O2/c1-13-9-14(2)19(10-17(13)20(24)25)23(16-7-8-22-12-16)18-6-4-3-5-15(18)11-21/h3-6,9-10,16,22H,7-8,12H2,1-2H3,(H,24,25). The van der Waals surface area contributed by atoms with Crippen molar-refractivity contribution in [3.8, 4) is 6.07 Å². The largest absolute Gasteiger partial charge is 0.478 e. The van der Waals surface area contributed by atoms with Crippen LogP contribution in [0.1, 0.15) is 33.5 Å². The molecule has 2 N–H and O–H groups in total. The first-order valence-corrected chi connectivity index (χ1v) is 8.36. The van der Waals surface area contributed by atoms with Gasteiger partial charge < -0.3 is 15.3 Å². The Hall–Kier alpha value is -2.84. The van der Waals surface area contributed by atoms with Crippen LogP contribution in [0, 0.1) is 25.2 Å². The van der Waals surface area contributed by atoms with Crippen LogP contribution in [-0.4, -0.2) is 30.2 Å². The average molecular weight is 335 g/mol. The van der Waals surface area contributed by atoms with Crippen LogP contribution in [-0.2, 0) is 0 Å². The van der Waals surface area contributed by atoms with Gasteiger partial charge in [-0.3, -0.25) is 0 Å². The van der Waals surface area contributed by atoms with E-state index in [1.165, 1.54) is 0 Å². The van der Waals surface area contributed by atoms with Gasteiger partial charge in [-0.05, 0) is 56.1 Å². The summed E-state index contributed by atoms with van der Waals surface area (Å²) in [6, 6.07) is 13.6. The molecule has 1 fully saturated rings. The number of carboxylic acids is 1. The number of nitrogens with one attached hydrogen (secondary N) is 1. The zero-order chi connectivity index (χ0) is 18.0. The van der Waals surface area contributed by atoms with E-state index in [9.17, 15) is 15.2 Å². The van der Waals surface area contributed by atoms with Crippen LogP contribution in [0.2, 0.25) is 0 Å². The number of carboxylic acid groups (broad SMARTS) is 1. The topological polar surface area (TPSA) is 76.4 Å². The molecule has 0 bridgehead atoms. The van der Waals surface area contributed by atoms with E-state index in [4.69, 9.17) is 0 Å². The van der Waals surface area contributed by atoms with Crippen molar-refractivity contribution in [2.75, 3.05) is 18.0 Å². The van der Waals surface area contributed by atoms with Gasteiger partial charge in [-0.1, -0.05) is 18.2 Å². The molecule has 1 heterocycles. The van der Waals surface area contributed by atoms with Crippen molar-refractivity contribution < 1.29 is 9.90 Å². The van der Waals surface area contributed by atoms with Crippen molar-refractivity contribution in [1.29, 1.82) is 5.26 Å². The maximum absolute atomic E-state index is 11.6. The second-order valence-electron chi connectivity index (χ2n) is 6.40. The molecule has 5 heteroatoms. The van der Waals surface area contributed by atoms with Crippen molar-refractivity contribution in [3.05, 3.63) is 58.7 Å². The quantitative estimate of drug-likeness (QED) is 0.896. The van der Waals surface area contributed by atoms with Gasteiger partial charge in [0.15, 0.2) is 0 Å². The lowest BCUT2D eigenvalue weighted by molar-refractivity contribution is 0.0696. The molecule has 128 valence electrons. The highest BCUT2D eigenvalue weighted by Gasteiger charge is 2.27. The molecule has 2 aromatic rings. The van der Waals surface area contributed by atoms with E-state index in [1.54, 1.807) is 12.1 Å². The van der Waals surface area contributed by atoms with E-state index < -0.39 is 5.97 Å². The molecule has 0 radical (unpaired) electrons. The Morgan fingerprint density at radius 2 is 2.00 bits per heavy atom. The summed E-state index contributed by atoms with van der Waals surface area (Å²) < 4.78 is 0. The van der Waals surface area contributed by atoms with Crippen LogP contribution >= 0.6 is 0 Å². The first-order valence-electron chi connectivity index (χ1n) is 8.36. The van der Waals surface area contributed by atoms with Gasteiger partial charge in [0, 0.05) is 18.3 Å². The molecular formula is C20H21N3O2. The van der Waals surface area contributed by atoms with Gasteiger partial charge in [0.2, 0.25) is 0 Å². The number of nitrogens with zero attached hydrogens (tertiary/aromatic N) is 2. The van der Waals surface area contributed by atoms with Gasteiger partial charge >= 0.3 is 5.97 Å². The fourth-order valence-corrected chi connectivity index (χ4v) is 3.49. The molecule has 3 rings (SSSR count). The van der Waals surface area contributed by atoms with Crippen LogP contribution in [0.3, 0.4) is 0 Å². The molecular weight excluding hydrogens is 314 g/mol. The van der Waals surface area contributed by atoms with Crippen molar-refractivity contribution in [1.82, 2.24) is 5.32 Å². The van der Waals surface area contributed by atoms with Crippen LogP contribution in [0.5, 0.6) is 0 Å². The van der Waals surface area contributed by atoms with Crippen molar-refractivity contribution in [3.63, 3.8) is 0 Å². The summed E-state index contributed by atoms with van der Waals surface area (Å²) in [5, 5.41) is 22.4. The Labute approximate surface area is 147 Å². The van der Waals surface area contributed by atoms with Crippen LogP contribution in [0.15, 0.2) is 36.4 Å². The number of nitriles is 1. The Morgan fingerprint density at radius 1 is 1.24 bits per heavy atom. The maximum atomic E-state index is 11.6. The minimum Gasteiger partial charge on any atom is -0.478 e. The first kappa shape index (κ1) is 17.0. The molecule has 1 aliphatic rings. The monoisotopic (exact) mass is 335 g/mol. The number of aromatic carboxylic acids is 1. The smallest absolute Gasteiger partial charge is 0.336 e. The van der Waals surface area contributed by atoms with Gasteiger partial charge in [0.05, 0.1) is 16.8 Å². The molecule has 0 spiro atoms. The SMILES string of the molecule is Cc1cc(C)c(N(c2ccccc2C#N)C2CCNC2)cc1C(=O)O. The number of anilines is 2. The van der Waals surface area contributed by atoms with Crippen molar-refractivity contribution in [2.24, 2.45) is 0 Å². The highest BCUT2D eigenvalue weighted by molar-refractivity contribution is 5.91. The second-order valence-corrected chi connectivity index (χ2v) is 6.40. The normalized spacial score (nSPS) is 16.4. The van der Waals surface area contributed by atoms with Crippen LogP contribution in [0.25, 0.3) is 0 Å². The zero-order valence-electron chi connectivity index (χ0n) is 14.4. The third-order valence-corrected chi connectivity index (χ3v) is 4.72. The van der Waals surface area contributed by atoms with Crippen molar-refractivity contribution >= 4 is 17.3 Å². The van der Waals surface area contributed by atoms with E-state index in [1.807, 2.05) is 38.1 Å². The molecule has 1 aliphatic heterocycles. The Morgan fingerprint density at radius 3 is 2.64 bits per heavy atom. The summed E-state index contributed by atoms with van der Waals surface area (Å²) in [5.74, 6) is -0.934. The molecule has 2 aromatic carbocycles. The van der Waals surface area contributed by atoms with E-state index >= 15 is 0 Å². The van der Waals surface area contributed by atoms with Gasteiger partial charge in [-0.15, -0.1) is 0 Å². The van der Waals surface area contributed by atoms with E-state index in [0.29, 0.717) is 11.1 Å². The molecule has 0 saturated carbocycles. The fourth-order valence-electron chi connectivity index (χ4n) is 3.49. The molecule has 0 amide bonds.